The molecule has 0 amide bonds. The first kappa shape index (κ1) is 31.9. The maximum atomic E-state index is 2.42. The van der Waals surface area contributed by atoms with E-state index < -0.39 is 0 Å². The van der Waals surface area contributed by atoms with E-state index in [2.05, 4.69) is 207 Å². The van der Waals surface area contributed by atoms with Crippen molar-refractivity contribution in [1.29, 1.82) is 0 Å². The van der Waals surface area contributed by atoms with Gasteiger partial charge in [-0.15, -0.1) is 0 Å². The molecule has 0 bridgehead atoms. The fourth-order valence-electron chi connectivity index (χ4n) is 8.55. The Morgan fingerprint density at radius 1 is 0.370 bits per heavy atom. The van der Waals surface area contributed by atoms with Gasteiger partial charge >= 0.3 is 0 Å². The standard InChI is InChI=1S/C54H38/c1-36-13-5-7-17-44(36)52-34-40(27-26-39(52)25-23-37-14-3-2-4-15-37)41-28-30-46-43(33-42-16-6-8-18-45(42)54(46)35-41)31-38-24-29-51-49-21-10-9-19-47(49)48-20-11-12-22-50(48)53(51)32-38/h2-32,34-35H,33H2,1H3/b25-23+,43-31-. The Balaban J connectivity index is 1.09. The molecule has 54 heavy (non-hydrogen) atoms. The van der Waals surface area contributed by atoms with E-state index in [1.165, 1.54) is 105 Å². The minimum Gasteiger partial charge on any atom is -0.0622 e. The van der Waals surface area contributed by atoms with Crippen molar-refractivity contribution in [2.75, 3.05) is 0 Å². The molecule has 0 spiro atoms. The quantitative estimate of drug-likeness (QED) is 0.125. The highest BCUT2D eigenvalue weighted by Crippen LogP contribution is 2.43. The molecule has 0 fully saturated rings. The van der Waals surface area contributed by atoms with Crippen LogP contribution in [0.4, 0.5) is 0 Å². The molecule has 1 aliphatic carbocycles. The SMILES string of the molecule is Cc1ccccc1-c1cc(-c2ccc3c(c2)-c2ccccc2C/C3=C/c2ccc3c4ccccc4c4ccccc4c3c2)ccc1/C=C/c1ccccc1. The molecule has 9 aromatic rings. The minimum atomic E-state index is 0.902. The Morgan fingerprint density at radius 3 is 1.70 bits per heavy atom. The number of hydrogen-bond donors (Lipinski definition) is 0. The van der Waals surface area contributed by atoms with E-state index in [9.17, 15) is 0 Å². The minimum absolute atomic E-state index is 0.902. The molecule has 0 radical (unpaired) electrons. The molecule has 0 saturated heterocycles. The van der Waals surface area contributed by atoms with Crippen molar-refractivity contribution in [2.24, 2.45) is 0 Å². The zero-order chi connectivity index (χ0) is 36.0. The summed E-state index contributed by atoms with van der Waals surface area (Å²) in [7, 11) is 0. The molecule has 1 aliphatic rings. The van der Waals surface area contributed by atoms with Crippen LogP contribution in [0.15, 0.2) is 182 Å². The first-order chi connectivity index (χ1) is 26.7. The smallest absolute Gasteiger partial charge is 0.00132 e. The van der Waals surface area contributed by atoms with Crippen LogP contribution in [0.5, 0.6) is 0 Å². The zero-order valence-electron chi connectivity index (χ0n) is 30.3. The van der Waals surface area contributed by atoms with Gasteiger partial charge in [0.15, 0.2) is 0 Å². The van der Waals surface area contributed by atoms with Gasteiger partial charge in [-0.05, 0) is 136 Å². The summed E-state index contributed by atoms with van der Waals surface area (Å²) in [5.74, 6) is 0. The van der Waals surface area contributed by atoms with E-state index in [4.69, 9.17) is 0 Å². The highest BCUT2D eigenvalue weighted by atomic mass is 14.2. The summed E-state index contributed by atoms with van der Waals surface area (Å²) in [6.07, 6.45) is 7.78. The number of fused-ring (bicyclic) bond motifs is 9. The first-order valence-electron chi connectivity index (χ1n) is 18.9. The van der Waals surface area contributed by atoms with Crippen LogP contribution < -0.4 is 0 Å². The maximum absolute atomic E-state index is 2.42. The highest BCUT2D eigenvalue weighted by molar-refractivity contribution is 6.25. The molecule has 9 aromatic carbocycles. The van der Waals surface area contributed by atoms with E-state index in [1.54, 1.807) is 0 Å². The van der Waals surface area contributed by atoms with Gasteiger partial charge in [0.2, 0.25) is 0 Å². The normalized spacial score (nSPS) is 13.2. The van der Waals surface area contributed by atoms with Crippen molar-refractivity contribution in [3.63, 3.8) is 0 Å². The molecule has 0 aliphatic heterocycles. The molecule has 0 unspecified atom stereocenters. The number of allylic oxidation sites excluding steroid dienone is 1. The third-order valence-corrected chi connectivity index (χ3v) is 11.2. The Labute approximate surface area is 317 Å². The molecular formula is C54H38. The second kappa shape index (κ2) is 13.3. The molecule has 254 valence electrons. The highest BCUT2D eigenvalue weighted by Gasteiger charge is 2.21. The van der Waals surface area contributed by atoms with E-state index in [1.807, 2.05) is 0 Å². The lowest BCUT2D eigenvalue weighted by atomic mass is 9.80. The zero-order valence-corrected chi connectivity index (χ0v) is 30.3. The van der Waals surface area contributed by atoms with Crippen LogP contribution in [0, 0.1) is 6.92 Å². The molecule has 0 saturated carbocycles. The Kier molecular flexibility index (Phi) is 7.89. The lowest BCUT2D eigenvalue weighted by Gasteiger charge is -2.24. The van der Waals surface area contributed by atoms with Crippen molar-refractivity contribution in [1.82, 2.24) is 0 Å². The molecule has 0 aromatic heterocycles. The van der Waals surface area contributed by atoms with Gasteiger partial charge in [0.05, 0.1) is 0 Å². The van der Waals surface area contributed by atoms with Gasteiger partial charge in [-0.2, -0.15) is 0 Å². The topological polar surface area (TPSA) is 0 Å². The average molecular weight is 687 g/mol. The van der Waals surface area contributed by atoms with Crippen molar-refractivity contribution >= 4 is 56.1 Å². The third kappa shape index (κ3) is 5.65. The van der Waals surface area contributed by atoms with E-state index in [0.717, 1.165) is 6.42 Å². The average Bonchev–Trinajstić information content (AvgIpc) is 3.23. The second-order valence-electron chi connectivity index (χ2n) is 14.5. The number of benzene rings is 9. The van der Waals surface area contributed by atoms with Crippen LogP contribution in [-0.4, -0.2) is 0 Å². The molecule has 0 N–H and O–H groups in total. The van der Waals surface area contributed by atoms with E-state index in [0.29, 0.717) is 0 Å². The summed E-state index contributed by atoms with van der Waals surface area (Å²) < 4.78 is 0. The van der Waals surface area contributed by atoms with Crippen LogP contribution in [0.1, 0.15) is 33.4 Å². The predicted octanol–water partition coefficient (Wildman–Crippen LogP) is 14.7. The third-order valence-electron chi connectivity index (χ3n) is 11.2. The lowest BCUT2D eigenvalue weighted by molar-refractivity contribution is 1.25. The van der Waals surface area contributed by atoms with E-state index in [-0.39, 0.29) is 0 Å². The monoisotopic (exact) mass is 686 g/mol. The molecule has 0 atom stereocenters. The Hall–Kier alpha value is -6.76. The van der Waals surface area contributed by atoms with Gasteiger partial charge in [0.1, 0.15) is 0 Å². The van der Waals surface area contributed by atoms with Crippen LogP contribution >= 0.6 is 0 Å². The maximum Gasteiger partial charge on any atom is -0.00132 e. The lowest BCUT2D eigenvalue weighted by Crippen LogP contribution is -2.03. The number of aryl methyl sites for hydroxylation is 1. The fraction of sp³-hybridized carbons (Fsp3) is 0.0370. The Morgan fingerprint density at radius 2 is 0.963 bits per heavy atom. The van der Waals surface area contributed by atoms with Crippen molar-refractivity contribution in [3.8, 4) is 33.4 Å². The van der Waals surface area contributed by atoms with Crippen molar-refractivity contribution in [2.45, 2.75) is 13.3 Å². The van der Waals surface area contributed by atoms with Crippen molar-refractivity contribution < 1.29 is 0 Å². The van der Waals surface area contributed by atoms with Gasteiger partial charge < -0.3 is 0 Å². The van der Waals surface area contributed by atoms with Gasteiger partial charge in [0, 0.05) is 0 Å². The molecule has 0 nitrogen and oxygen atoms in total. The summed E-state index contributed by atoms with van der Waals surface area (Å²) in [5.41, 5.74) is 16.5. The number of hydrogen-bond acceptors (Lipinski definition) is 0. The van der Waals surface area contributed by atoms with Gasteiger partial charge in [-0.3, -0.25) is 0 Å². The fourth-order valence-corrected chi connectivity index (χ4v) is 8.55. The molecular weight excluding hydrogens is 649 g/mol. The summed E-state index contributed by atoms with van der Waals surface area (Å²) in [5, 5.41) is 7.83. The van der Waals surface area contributed by atoms with Gasteiger partial charge in [-0.25, -0.2) is 0 Å². The second-order valence-corrected chi connectivity index (χ2v) is 14.5. The van der Waals surface area contributed by atoms with Crippen molar-refractivity contribution in [3.05, 3.63) is 215 Å². The van der Waals surface area contributed by atoms with E-state index >= 15 is 0 Å². The largest absolute Gasteiger partial charge is 0.0622 e. The first-order valence-corrected chi connectivity index (χ1v) is 18.9. The summed E-state index contributed by atoms with van der Waals surface area (Å²) in [6, 6.07) is 66.9. The molecule has 0 heteroatoms. The molecule has 0 heterocycles. The van der Waals surface area contributed by atoms with Crippen LogP contribution in [0.3, 0.4) is 0 Å². The van der Waals surface area contributed by atoms with Gasteiger partial charge in [-0.1, -0.05) is 182 Å². The van der Waals surface area contributed by atoms with Crippen LogP contribution in [-0.2, 0) is 6.42 Å². The summed E-state index contributed by atoms with van der Waals surface area (Å²) in [4.78, 5) is 0. The van der Waals surface area contributed by atoms with Crippen LogP contribution in [0.2, 0.25) is 0 Å². The van der Waals surface area contributed by atoms with Gasteiger partial charge in [0.25, 0.3) is 0 Å². The molecule has 10 rings (SSSR count). The predicted molar refractivity (Wildman–Crippen MR) is 233 cm³/mol. The summed E-state index contributed by atoms with van der Waals surface area (Å²) in [6.45, 7) is 2.20. The number of rotatable bonds is 5. The summed E-state index contributed by atoms with van der Waals surface area (Å²) >= 11 is 0. The Bertz CT molecular complexity index is 2920. The van der Waals surface area contributed by atoms with Crippen LogP contribution in [0.25, 0.3) is 89.5 Å².